The molecule has 0 aromatic rings. The van der Waals surface area contributed by atoms with Crippen LogP contribution < -0.4 is 0 Å². The van der Waals surface area contributed by atoms with E-state index in [4.69, 9.17) is 5.53 Å². The summed E-state index contributed by atoms with van der Waals surface area (Å²) in [5, 5.41) is 0. The Morgan fingerprint density at radius 1 is 1.60 bits per heavy atom. The van der Waals surface area contributed by atoms with Crippen molar-refractivity contribution in [3.8, 4) is 0 Å². The Kier molecular flexibility index (Phi) is 2.82. The number of rotatable bonds is 1. The van der Waals surface area contributed by atoms with Gasteiger partial charge in [0.05, 0.1) is 5.57 Å². The molecular formula is C8H12N2. The summed E-state index contributed by atoms with van der Waals surface area (Å²) < 4.78 is 0. The molecule has 0 bridgehead atoms. The summed E-state index contributed by atoms with van der Waals surface area (Å²) in [6.07, 6.45) is 1.64. The molecule has 10 heavy (non-hydrogen) atoms. The Balaban J connectivity index is 4.89. The predicted octanol–water partition coefficient (Wildman–Crippen LogP) is 2.04. The van der Waals surface area contributed by atoms with E-state index in [9.17, 15) is 0 Å². The fourth-order valence-electron chi connectivity index (χ4n) is 0.573. The van der Waals surface area contributed by atoms with E-state index in [1.807, 2.05) is 20.8 Å². The quantitative estimate of drug-likeness (QED) is 0.229. The minimum atomic E-state index is -0.0476. The van der Waals surface area contributed by atoms with Crippen molar-refractivity contribution >= 4 is 5.87 Å². The molecule has 0 aliphatic rings. The summed E-state index contributed by atoms with van der Waals surface area (Å²) >= 11 is 0. The van der Waals surface area contributed by atoms with Crippen LogP contribution in [0.25, 0.3) is 5.53 Å². The Labute approximate surface area is 61.5 Å². The van der Waals surface area contributed by atoms with Crippen LogP contribution in [0, 0.1) is 5.41 Å². The van der Waals surface area contributed by atoms with Gasteiger partial charge < -0.3 is 5.53 Å². The van der Waals surface area contributed by atoms with Gasteiger partial charge in [-0.1, -0.05) is 33.4 Å². The third-order valence-electron chi connectivity index (χ3n) is 1.18. The van der Waals surface area contributed by atoms with Crippen LogP contribution in [0.1, 0.15) is 20.8 Å². The van der Waals surface area contributed by atoms with Crippen molar-refractivity contribution in [2.75, 3.05) is 0 Å². The first-order valence-corrected chi connectivity index (χ1v) is 3.12. The summed E-state index contributed by atoms with van der Waals surface area (Å²) in [5.74, 6) is 2.45. The number of nitrogens with zero attached hydrogens (tertiary/aromatic N) is 2. The van der Waals surface area contributed by atoms with Crippen LogP contribution in [-0.2, 0) is 0 Å². The lowest BCUT2D eigenvalue weighted by Gasteiger charge is -2.13. The van der Waals surface area contributed by atoms with E-state index >= 15 is 0 Å². The molecule has 0 heterocycles. The lowest BCUT2D eigenvalue weighted by atomic mass is 9.88. The average molecular weight is 136 g/mol. The molecule has 0 aliphatic carbocycles. The molecule has 0 fully saturated rings. The molecule has 0 aromatic carbocycles. The van der Waals surface area contributed by atoms with Gasteiger partial charge in [0.1, 0.15) is 0 Å². The van der Waals surface area contributed by atoms with E-state index in [0.29, 0.717) is 0 Å². The average Bonchev–Trinajstić information content (AvgIpc) is 1.80. The topological polar surface area (TPSA) is 36.4 Å². The first kappa shape index (κ1) is 8.90. The van der Waals surface area contributed by atoms with E-state index in [1.54, 1.807) is 6.08 Å². The predicted molar refractivity (Wildman–Crippen MR) is 41.8 cm³/mol. The van der Waals surface area contributed by atoms with E-state index in [-0.39, 0.29) is 5.41 Å². The Bertz CT molecular complexity index is 208. The SMILES string of the molecule is C=CC(=C=[N+]=[N-])C(C)(C)C. The van der Waals surface area contributed by atoms with Crippen molar-refractivity contribution in [3.63, 3.8) is 0 Å². The molecule has 0 unspecified atom stereocenters. The smallest absolute Gasteiger partial charge is 0.303 e. The highest BCUT2D eigenvalue weighted by Crippen LogP contribution is 2.22. The largest absolute Gasteiger partial charge is 0.348 e. The Morgan fingerprint density at radius 2 is 2.10 bits per heavy atom. The van der Waals surface area contributed by atoms with Gasteiger partial charge in [-0.3, -0.25) is 0 Å². The molecule has 0 radical (unpaired) electrons. The zero-order valence-electron chi connectivity index (χ0n) is 6.68. The van der Waals surface area contributed by atoms with Crippen LogP contribution in [0.2, 0.25) is 0 Å². The normalized spacial score (nSPS) is 9.50. The number of allylic oxidation sites excluding steroid dienone is 2. The Morgan fingerprint density at radius 3 is 2.20 bits per heavy atom. The second-order valence-electron chi connectivity index (χ2n) is 3.08. The molecule has 0 atom stereocenters. The molecule has 2 nitrogen and oxygen atoms in total. The molecule has 0 saturated carbocycles. The summed E-state index contributed by atoms with van der Waals surface area (Å²) in [7, 11) is 0. The van der Waals surface area contributed by atoms with Crippen molar-refractivity contribution in [1.29, 1.82) is 0 Å². The van der Waals surface area contributed by atoms with Crippen LogP contribution in [0.3, 0.4) is 0 Å². The summed E-state index contributed by atoms with van der Waals surface area (Å²) in [4.78, 5) is 2.82. The fraction of sp³-hybridized carbons (Fsp3) is 0.500. The van der Waals surface area contributed by atoms with Crippen molar-refractivity contribution in [2.24, 2.45) is 5.41 Å². The van der Waals surface area contributed by atoms with E-state index in [0.717, 1.165) is 5.57 Å². The fourth-order valence-corrected chi connectivity index (χ4v) is 0.573. The van der Waals surface area contributed by atoms with Gasteiger partial charge in [0.2, 0.25) is 0 Å². The highest BCUT2D eigenvalue weighted by Gasteiger charge is 2.16. The second kappa shape index (κ2) is 3.17. The van der Waals surface area contributed by atoms with Crippen molar-refractivity contribution < 1.29 is 4.79 Å². The minimum Gasteiger partial charge on any atom is -0.348 e. The van der Waals surface area contributed by atoms with Gasteiger partial charge in [-0.25, -0.2) is 0 Å². The van der Waals surface area contributed by atoms with Gasteiger partial charge in [-0.15, -0.1) is 4.79 Å². The summed E-state index contributed by atoms with van der Waals surface area (Å²) in [6.45, 7) is 9.58. The third kappa shape index (κ3) is 2.45. The molecule has 0 N–H and O–H groups in total. The van der Waals surface area contributed by atoms with Gasteiger partial charge >= 0.3 is 5.87 Å². The highest BCUT2D eigenvalue weighted by molar-refractivity contribution is 5.58. The maximum absolute atomic E-state index is 8.18. The first-order valence-electron chi connectivity index (χ1n) is 3.12. The van der Waals surface area contributed by atoms with Crippen molar-refractivity contribution in [2.45, 2.75) is 20.8 Å². The summed E-state index contributed by atoms with van der Waals surface area (Å²) in [6, 6.07) is 0. The van der Waals surface area contributed by atoms with Crippen LogP contribution in [-0.4, -0.2) is 10.7 Å². The van der Waals surface area contributed by atoms with Crippen molar-refractivity contribution in [3.05, 3.63) is 23.8 Å². The second-order valence-corrected chi connectivity index (χ2v) is 3.08. The van der Waals surface area contributed by atoms with Gasteiger partial charge in [-0.2, -0.15) is 0 Å². The van der Waals surface area contributed by atoms with Gasteiger partial charge in [0, 0.05) is 5.41 Å². The molecule has 0 aromatic heterocycles. The number of hydrogen-bond donors (Lipinski definition) is 0. The molecule has 0 saturated heterocycles. The van der Waals surface area contributed by atoms with Crippen LogP contribution >= 0.6 is 0 Å². The zero-order chi connectivity index (χ0) is 8.20. The molecule has 2 heteroatoms. The zero-order valence-corrected chi connectivity index (χ0v) is 6.68. The molecule has 0 amide bonds. The van der Waals surface area contributed by atoms with Crippen LogP contribution in [0.4, 0.5) is 0 Å². The molecule has 0 spiro atoms. The van der Waals surface area contributed by atoms with E-state index in [2.05, 4.69) is 17.2 Å². The first-order chi connectivity index (χ1) is 4.52. The maximum Gasteiger partial charge on any atom is 0.303 e. The summed E-state index contributed by atoms with van der Waals surface area (Å²) in [5.41, 5.74) is 8.93. The Hall–Kier alpha value is -1.10. The molecule has 0 rings (SSSR count). The maximum atomic E-state index is 8.18. The van der Waals surface area contributed by atoms with Crippen LogP contribution in [0.5, 0.6) is 0 Å². The molecular weight excluding hydrogens is 124 g/mol. The highest BCUT2D eigenvalue weighted by atomic mass is 14.8. The van der Waals surface area contributed by atoms with Gasteiger partial charge in [-0.05, 0) is 0 Å². The van der Waals surface area contributed by atoms with E-state index < -0.39 is 0 Å². The van der Waals surface area contributed by atoms with Crippen LogP contribution in [0.15, 0.2) is 18.2 Å². The van der Waals surface area contributed by atoms with E-state index in [1.165, 1.54) is 0 Å². The lowest BCUT2D eigenvalue weighted by molar-refractivity contribution is 0.00700. The third-order valence-corrected chi connectivity index (χ3v) is 1.18. The van der Waals surface area contributed by atoms with Gasteiger partial charge in [0.25, 0.3) is 0 Å². The number of hydrogen-bond acceptors (Lipinski definition) is 0. The van der Waals surface area contributed by atoms with Crippen molar-refractivity contribution in [1.82, 2.24) is 0 Å². The monoisotopic (exact) mass is 136 g/mol. The molecule has 0 aliphatic heterocycles. The minimum absolute atomic E-state index is 0.0476. The molecule has 54 valence electrons. The van der Waals surface area contributed by atoms with Gasteiger partial charge in [0.15, 0.2) is 0 Å². The standard InChI is InChI=1S/C8H12N2/c1-5-7(6-10-9)8(2,3)4/h5H,1H2,2-4H3. The lowest BCUT2D eigenvalue weighted by Crippen LogP contribution is -2.07.